The molecule has 2 N–H and O–H groups in total. The molecule has 5 nitrogen and oxygen atoms in total. The number of piperidine rings is 1. The summed E-state index contributed by atoms with van der Waals surface area (Å²) < 4.78 is 1.73. The second-order valence-corrected chi connectivity index (χ2v) is 6.61. The number of anilines is 1. The van der Waals surface area contributed by atoms with Gasteiger partial charge in [0.05, 0.1) is 0 Å². The Morgan fingerprint density at radius 2 is 2.00 bits per heavy atom. The van der Waals surface area contributed by atoms with Crippen LogP contribution in [0.3, 0.4) is 0 Å². The van der Waals surface area contributed by atoms with E-state index in [2.05, 4.69) is 75.3 Å². The van der Waals surface area contributed by atoms with E-state index in [1.165, 1.54) is 5.56 Å². The Labute approximate surface area is 148 Å². The smallest absolute Gasteiger partial charge is 0.181 e. The molecular formula is C20H23N5. The van der Waals surface area contributed by atoms with Gasteiger partial charge in [0.2, 0.25) is 0 Å². The lowest BCUT2D eigenvalue weighted by Crippen LogP contribution is -2.38. The van der Waals surface area contributed by atoms with Gasteiger partial charge in [0.25, 0.3) is 0 Å². The summed E-state index contributed by atoms with van der Waals surface area (Å²) in [4.78, 5) is 4.34. The van der Waals surface area contributed by atoms with Gasteiger partial charge >= 0.3 is 0 Å². The predicted molar refractivity (Wildman–Crippen MR) is 100 cm³/mol. The van der Waals surface area contributed by atoms with Crippen molar-refractivity contribution in [2.75, 3.05) is 11.9 Å². The van der Waals surface area contributed by atoms with E-state index in [1.54, 1.807) is 11.0 Å². The number of aryl methyl sites for hydroxylation is 1. The standard InChI is InChI=1S/C20H23N5/c1-25-14-22-20(24-25)16-8-5-9-17(12-16)23-18-10-11-21-19(13-18)15-6-3-2-4-7-15/h2-9,12,14,18-19,21,23H,10-11,13H2,1H3. The fraction of sp³-hybridized carbons (Fsp3) is 0.300. The van der Waals surface area contributed by atoms with Crippen LogP contribution >= 0.6 is 0 Å². The first-order valence-electron chi connectivity index (χ1n) is 8.79. The van der Waals surface area contributed by atoms with Crippen LogP contribution in [0.1, 0.15) is 24.4 Å². The average molecular weight is 333 g/mol. The largest absolute Gasteiger partial charge is 0.382 e. The highest BCUT2D eigenvalue weighted by atomic mass is 15.3. The molecule has 0 aliphatic carbocycles. The monoisotopic (exact) mass is 333 g/mol. The highest BCUT2D eigenvalue weighted by Crippen LogP contribution is 2.26. The molecule has 1 aliphatic heterocycles. The zero-order valence-corrected chi connectivity index (χ0v) is 14.4. The van der Waals surface area contributed by atoms with Gasteiger partial charge in [-0.1, -0.05) is 42.5 Å². The molecule has 2 atom stereocenters. The van der Waals surface area contributed by atoms with Crippen molar-refractivity contribution in [3.63, 3.8) is 0 Å². The van der Waals surface area contributed by atoms with Gasteiger partial charge in [-0.2, -0.15) is 5.10 Å². The minimum atomic E-state index is 0.410. The van der Waals surface area contributed by atoms with E-state index in [9.17, 15) is 0 Å². The fourth-order valence-corrected chi connectivity index (χ4v) is 3.44. The van der Waals surface area contributed by atoms with Gasteiger partial charge in [-0.3, -0.25) is 4.68 Å². The number of aromatic nitrogens is 3. The van der Waals surface area contributed by atoms with Crippen LogP contribution in [-0.4, -0.2) is 27.4 Å². The zero-order chi connectivity index (χ0) is 17.1. The van der Waals surface area contributed by atoms with Crippen molar-refractivity contribution in [1.29, 1.82) is 0 Å². The number of rotatable bonds is 4. The lowest BCUT2D eigenvalue weighted by Gasteiger charge is -2.32. The summed E-state index contributed by atoms with van der Waals surface area (Å²) in [7, 11) is 1.89. The van der Waals surface area contributed by atoms with Crippen LogP contribution in [0.2, 0.25) is 0 Å². The summed E-state index contributed by atoms with van der Waals surface area (Å²) in [5.74, 6) is 0.763. The van der Waals surface area contributed by atoms with Crippen molar-refractivity contribution < 1.29 is 0 Å². The van der Waals surface area contributed by atoms with Crippen molar-refractivity contribution in [2.45, 2.75) is 24.9 Å². The molecule has 0 radical (unpaired) electrons. The first kappa shape index (κ1) is 15.8. The van der Waals surface area contributed by atoms with Crippen LogP contribution in [0.4, 0.5) is 5.69 Å². The van der Waals surface area contributed by atoms with E-state index < -0.39 is 0 Å². The topological polar surface area (TPSA) is 54.8 Å². The third kappa shape index (κ3) is 3.72. The highest BCUT2D eigenvalue weighted by Gasteiger charge is 2.22. The van der Waals surface area contributed by atoms with Gasteiger partial charge in [0.1, 0.15) is 6.33 Å². The van der Waals surface area contributed by atoms with Crippen LogP contribution in [0, 0.1) is 0 Å². The molecule has 5 heteroatoms. The fourth-order valence-electron chi connectivity index (χ4n) is 3.44. The van der Waals surface area contributed by atoms with Crippen LogP contribution in [0.25, 0.3) is 11.4 Å². The molecule has 0 amide bonds. The van der Waals surface area contributed by atoms with Crippen molar-refractivity contribution in [2.24, 2.45) is 7.05 Å². The Balaban J connectivity index is 1.47. The third-order valence-electron chi connectivity index (χ3n) is 4.70. The molecule has 4 rings (SSSR count). The molecule has 1 fully saturated rings. The van der Waals surface area contributed by atoms with E-state index in [1.807, 2.05) is 7.05 Å². The van der Waals surface area contributed by atoms with Crippen molar-refractivity contribution in [3.05, 3.63) is 66.5 Å². The molecule has 2 heterocycles. The van der Waals surface area contributed by atoms with Gasteiger partial charge in [-0.05, 0) is 37.1 Å². The first-order valence-corrected chi connectivity index (χ1v) is 8.79. The van der Waals surface area contributed by atoms with Gasteiger partial charge in [0, 0.05) is 30.4 Å². The number of nitrogens with zero attached hydrogens (tertiary/aromatic N) is 3. The Morgan fingerprint density at radius 3 is 2.80 bits per heavy atom. The van der Waals surface area contributed by atoms with Crippen LogP contribution in [0.15, 0.2) is 60.9 Å². The maximum Gasteiger partial charge on any atom is 0.181 e. The molecule has 2 aromatic carbocycles. The maximum atomic E-state index is 4.39. The van der Waals surface area contributed by atoms with Gasteiger partial charge in [-0.25, -0.2) is 4.98 Å². The number of nitrogens with one attached hydrogen (secondary N) is 2. The van der Waals surface area contributed by atoms with Crippen LogP contribution in [-0.2, 0) is 7.05 Å². The molecular weight excluding hydrogens is 310 g/mol. The van der Waals surface area contributed by atoms with Crippen molar-refractivity contribution in [1.82, 2.24) is 20.1 Å². The maximum absolute atomic E-state index is 4.39. The summed E-state index contributed by atoms with van der Waals surface area (Å²) in [5.41, 5.74) is 3.53. The second-order valence-electron chi connectivity index (χ2n) is 6.61. The molecule has 1 saturated heterocycles. The van der Waals surface area contributed by atoms with E-state index in [4.69, 9.17) is 0 Å². The van der Waals surface area contributed by atoms with Gasteiger partial charge in [0.15, 0.2) is 5.82 Å². The van der Waals surface area contributed by atoms with E-state index in [0.717, 1.165) is 36.5 Å². The lowest BCUT2D eigenvalue weighted by atomic mass is 9.93. The van der Waals surface area contributed by atoms with E-state index >= 15 is 0 Å². The Kier molecular flexibility index (Phi) is 4.48. The highest BCUT2D eigenvalue weighted by molar-refractivity contribution is 5.62. The molecule has 3 aromatic rings. The lowest BCUT2D eigenvalue weighted by molar-refractivity contribution is 0.384. The van der Waals surface area contributed by atoms with Gasteiger partial charge < -0.3 is 10.6 Å². The molecule has 25 heavy (non-hydrogen) atoms. The second kappa shape index (κ2) is 7.07. The van der Waals surface area contributed by atoms with E-state index in [-0.39, 0.29) is 0 Å². The minimum absolute atomic E-state index is 0.410. The predicted octanol–water partition coefficient (Wildman–Crippen LogP) is 3.39. The first-order chi connectivity index (χ1) is 12.3. The Morgan fingerprint density at radius 1 is 1.12 bits per heavy atom. The SMILES string of the molecule is Cn1cnc(-c2cccc(NC3CCNC(c4ccccc4)C3)c2)n1. The quantitative estimate of drug-likeness (QED) is 0.768. The molecule has 1 aliphatic rings. The Hall–Kier alpha value is -2.66. The Bertz CT molecular complexity index is 827. The third-order valence-corrected chi connectivity index (χ3v) is 4.70. The summed E-state index contributed by atoms with van der Waals surface area (Å²) >= 11 is 0. The summed E-state index contributed by atoms with van der Waals surface area (Å²) in [5, 5.41) is 11.7. The zero-order valence-electron chi connectivity index (χ0n) is 14.4. The van der Waals surface area contributed by atoms with Crippen LogP contribution < -0.4 is 10.6 Å². The number of hydrogen-bond acceptors (Lipinski definition) is 4. The van der Waals surface area contributed by atoms with Crippen molar-refractivity contribution >= 4 is 5.69 Å². The van der Waals surface area contributed by atoms with E-state index in [0.29, 0.717) is 12.1 Å². The summed E-state index contributed by atoms with van der Waals surface area (Å²) in [6, 6.07) is 19.9. The molecule has 128 valence electrons. The minimum Gasteiger partial charge on any atom is -0.382 e. The number of hydrogen-bond donors (Lipinski definition) is 2. The average Bonchev–Trinajstić information content (AvgIpc) is 3.09. The number of benzene rings is 2. The van der Waals surface area contributed by atoms with Crippen molar-refractivity contribution in [3.8, 4) is 11.4 Å². The molecule has 0 spiro atoms. The van der Waals surface area contributed by atoms with Crippen LogP contribution in [0.5, 0.6) is 0 Å². The molecule has 2 unspecified atom stereocenters. The molecule has 0 bridgehead atoms. The molecule has 0 saturated carbocycles. The summed E-state index contributed by atoms with van der Waals surface area (Å²) in [6.45, 7) is 1.03. The summed E-state index contributed by atoms with van der Waals surface area (Å²) in [6.07, 6.45) is 3.93. The molecule has 1 aromatic heterocycles. The van der Waals surface area contributed by atoms with Gasteiger partial charge in [-0.15, -0.1) is 0 Å². The normalized spacial score (nSPS) is 20.4.